The molecule has 4 aliphatic rings. The first-order chi connectivity index (χ1) is 22.5. The van der Waals surface area contributed by atoms with Crippen molar-refractivity contribution in [3.05, 3.63) is 23.8 Å². The lowest BCUT2D eigenvalue weighted by molar-refractivity contribution is -0.161. The Morgan fingerprint density at radius 1 is 0.830 bits per heavy atom. The number of ether oxygens (including phenoxy) is 1. The van der Waals surface area contributed by atoms with Crippen LogP contribution in [0.3, 0.4) is 0 Å². The third-order valence-corrected chi connectivity index (χ3v) is 15.0. The highest BCUT2D eigenvalue weighted by Crippen LogP contribution is 2.67. The first kappa shape index (κ1) is 38.7. The summed E-state index contributed by atoms with van der Waals surface area (Å²) in [6, 6.07) is 0. The quantitative estimate of drug-likeness (QED) is 0.0790. The van der Waals surface area contributed by atoms with E-state index in [-0.39, 0.29) is 12.1 Å². The molecule has 0 aromatic rings. The van der Waals surface area contributed by atoms with Crippen LogP contribution in [0.25, 0.3) is 0 Å². The molecule has 0 aliphatic heterocycles. The Labute approximate surface area is 293 Å². The van der Waals surface area contributed by atoms with E-state index in [1.54, 1.807) is 0 Å². The van der Waals surface area contributed by atoms with Crippen LogP contribution in [-0.4, -0.2) is 12.1 Å². The number of hydrogen-bond acceptors (Lipinski definition) is 2. The van der Waals surface area contributed by atoms with E-state index >= 15 is 0 Å². The summed E-state index contributed by atoms with van der Waals surface area (Å²) >= 11 is 0. The second-order valence-electron chi connectivity index (χ2n) is 18.2. The van der Waals surface area contributed by atoms with Crippen LogP contribution in [0.4, 0.5) is 0 Å². The van der Waals surface area contributed by atoms with Crippen molar-refractivity contribution in [1.29, 1.82) is 0 Å². The summed E-state index contributed by atoms with van der Waals surface area (Å²) in [4.78, 5) is 12.9. The van der Waals surface area contributed by atoms with E-state index in [1.165, 1.54) is 116 Å². The van der Waals surface area contributed by atoms with E-state index in [9.17, 15) is 4.79 Å². The van der Waals surface area contributed by atoms with Crippen LogP contribution in [0.1, 0.15) is 190 Å². The molecule has 0 aromatic carbocycles. The van der Waals surface area contributed by atoms with Gasteiger partial charge in [0.05, 0.1) is 0 Å². The van der Waals surface area contributed by atoms with Gasteiger partial charge in [0.25, 0.3) is 0 Å². The number of fused-ring (bicyclic) bond motifs is 5. The maximum absolute atomic E-state index is 12.9. The van der Waals surface area contributed by atoms with Gasteiger partial charge in [-0.2, -0.15) is 0 Å². The molecule has 0 heterocycles. The van der Waals surface area contributed by atoms with Crippen molar-refractivity contribution in [2.24, 2.45) is 58.2 Å². The zero-order valence-corrected chi connectivity index (χ0v) is 32.6. The van der Waals surface area contributed by atoms with E-state index in [1.807, 2.05) is 5.57 Å². The van der Waals surface area contributed by atoms with Crippen molar-refractivity contribution in [3.8, 4) is 0 Å². The Morgan fingerprint density at radius 3 is 2.17 bits per heavy atom. The molecule has 2 heteroatoms. The average molecular weight is 651 g/mol. The number of hydrogen-bond donors (Lipinski definition) is 0. The molecule has 0 saturated heterocycles. The minimum absolute atomic E-state index is 0.0645. The molecule has 0 aromatic heterocycles. The average Bonchev–Trinajstić information content (AvgIpc) is 3.40. The predicted octanol–water partition coefficient (Wildman–Crippen LogP) is 13.7. The first-order valence-electron chi connectivity index (χ1n) is 21.1. The highest BCUT2D eigenvalue weighted by atomic mass is 16.5. The predicted molar refractivity (Wildman–Crippen MR) is 202 cm³/mol. The number of carbonyl (C=O) groups excluding carboxylic acids is 1. The Morgan fingerprint density at radius 2 is 1.47 bits per heavy atom. The smallest absolute Gasteiger partial charge is 0.306 e. The normalized spacial score (nSPS) is 34.9. The number of carbonyl (C=O) groups is 1. The summed E-state index contributed by atoms with van der Waals surface area (Å²) in [7, 11) is 0. The fourth-order valence-electron chi connectivity index (χ4n) is 11.3. The van der Waals surface area contributed by atoms with Gasteiger partial charge < -0.3 is 4.74 Å². The van der Waals surface area contributed by atoms with E-state index in [4.69, 9.17) is 4.74 Å². The van der Waals surface area contributed by atoms with Gasteiger partial charge in [-0.05, 0) is 129 Å². The summed E-state index contributed by atoms with van der Waals surface area (Å²) in [5.41, 5.74) is 2.73. The van der Waals surface area contributed by atoms with Gasteiger partial charge in [0.1, 0.15) is 6.10 Å². The number of esters is 1. The minimum atomic E-state index is 0.0645. The largest absolute Gasteiger partial charge is 0.462 e. The fraction of sp³-hybridized carbons (Fsp3) is 0.889. The van der Waals surface area contributed by atoms with Gasteiger partial charge in [0, 0.05) is 6.42 Å². The fourth-order valence-corrected chi connectivity index (χ4v) is 11.3. The van der Waals surface area contributed by atoms with Crippen LogP contribution in [0.5, 0.6) is 0 Å². The number of allylic oxidation sites excluding steroid dienone is 4. The Kier molecular flexibility index (Phi) is 15.1. The van der Waals surface area contributed by atoms with Gasteiger partial charge in [0.2, 0.25) is 0 Å². The van der Waals surface area contributed by atoms with E-state index in [0.717, 1.165) is 48.3 Å². The highest BCUT2D eigenvalue weighted by Gasteiger charge is 2.59. The van der Waals surface area contributed by atoms with Crippen LogP contribution in [0.15, 0.2) is 23.8 Å². The second-order valence-corrected chi connectivity index (χ2v) is 18.2. The maximum atomic E-state index is 12.9. The third kappa shape index (κ3) is 9.60. The Hall–Kier alpha value is -1.05. The lowest BCUT2D eigenvalue weighted by Crippen LogP contribution is -2.53. The lowest BCUT2D eigenvalue weighted by atomic mass is 9.46. The van der Waals surface area contributed by atoms with Crippen LogP contribution in [0.2, 0.25) is 0 Å². The summed E-state index contributed by atoms with van der Waals surface area (Å²) in [5, 5.41) is 0. The molecule has 0 bridgehead atoms. The molecular formula is C45H78O2. The zero-order chi connectivity index (χ0) is 34.0. The summed E-state index contributed by atoms with van der Waals surface area (Å²) in [6.45, 7) is 19.8. The molecule has 3 saturated carbocycles. The van der Waals surface area contributed by atoms with Crippen molar-refractivity contribution in [1.82, 2.24) is 0 Å². The van der Waals surface area contributed by atoms with Gasteiger partial charge in [-0.3, -0.25) is 4.79 Å². The molecule has 3 fully saturated rings. The van der Waals surface area contributed by atoms with Crippen molar-refractivity contribution in [2.75, 3.05) is 0 Å². The Balaban J connectivity index is 1.20. The molecule has 10 atom stereocenters. The van der Waals surface area contributed by atoms with Crippen LogP contribution < -0.4 is 0 Å². The maximum Gasteiger partial charge on any atom is 0.306 e. The molecule has 10 unspecified atom stereocenters. The monoisotopic (exact) mass is 651 g/mol. The number of unbranched alkanes of at least 4 members (excludes halogenated alkanes) is 9. The molecule has 0 radical (unpaired) electrons. The van der Waals surface area contributed by atoms with Gasteiger partial charge >= 0.3 is 5.97 Å². The van der Waals surface area contributed by atoms with Gasteiger partial charge in [-0.15, -0.1) is 0 Å². The van der Waals surface area contributed by atoms with E-state index in [2.05, 4.69) is 73.6 Å². The third-order valence-electron chi connectivity index (χ3n) is 15.0. The van der Waals surface area contributed by atoms with Gasteiger partial charge in [-0.25, -0.2) is 0 Å². The molecule has 4 rings (SSSR count). The molecule has 270 valence electrons. The first-order valence-corrected chi connectivity index (χ1v) is 21.1. The SMILES string of the molecule is CCCCC=CCCCCCCCCCC(=O)OC1CCC2(C)C3CCC4(C)C(CCC4C(C)CCC(C)C(C)C)C3=CCC2C1C. The molecular weight excluding hydrogens is 572 g/mol. The standard InChI is InChI=1S/C45H78O2/c1-9-10-11-12-13-14-15-16-17-18-19-20-21-22-43(46)47-42-30-32-45(8)39(36(42)6)26-25-37-40-28-27-38(44(40,7)31-29-41(37)45)35(5)24-23-34(4)33(2)3/h12-13,25,33-36,38-42H,9-11,14-24,26-32H2,1-8H3. The van der Waals surface area contributed by atoms with Crippen molar-refractivity contribution >= 4 is 5.97 Å². The van der Waals surface area contributed by atoms with Gasteiger partial charge in [0.15, 0.2) is 0 Å². The highest BCUT2D eigenvalue weighted by molar-refractivity contribution is 5.69. The van der Waals surface area contributed by atoms with E-state index < -0.39 is 0 Å². The van der Waals surface area contributed by atoms with Crippen molar-refractivity contribution in [2.45, 2.75) is 196 Å². The van der Waals surface area contributed by atoms with Crippen LogP contribution >= 0.6 is 0 Å². The Bertz CT molecular complexity index is 1010. The summed E-state index contributed by atoms with van der Waals surface area (Å²) < 4.78 is 6.25. The molecule has 0 N–H and O–H groups in total. The molecule has 2 nitrogen and oxygen atoms in total. The van der Waals surface area contributed by atoms with E-state index in [0.29, 0.717) is 29.1 Å². The van der Waals surface area contributed by atoms with Crippen molar-refractivity contribution in [3.63, 3.8) is 0 Å². The van der Waals surface area contributed by atoms with Crippen LogP contribution in [-0.2, 0) is 9.53 Å². The zero-order valence-electron chi connectivity index (χ0n) is 32.6. The lowest BCUT2D eigenvalue weighted by Gasteiger charge is -2.59. The molecule has 4 aliphatic carbocycles. The summed E-state index contributed by atoms with van der Waals surface area (Å²) in [6.07, 6.45) is 34.0. The molecule has 47 heavy (non-hydrogen) atoms. The molecule has 0 amide bonds. The summed E-state index contributed by atoms with van der Waals surface area (Å²) in [5.74, 6) is 6.10. The van der Waals surface area contributed by atoms with Gasteiger partial charge in [-0.1, -0.05) is 137 Å². The number of rotatable bonds is 19. The van der Waals surface area contributed by atoms with Crippen LogP contribution in [0, 0.1) is 58.2 Å². The molecule has 0 spiro atoms. The van der Waals surface area contributed by atoms with Crippen molar-refractivity contribution < 1.29 is 9.53 Å². The minimum Gasteiger partial charge on any atom is -0.462 e. The second kappa shape index (κ2) is 18.3. The topological polar surface area (TPSA) is 26.3 Å².